The number of rotatable bonds is 7. The van der Waals surface area contributed by atoms with E-state index in [1.807, 2.05) is 0 Å². The SMILES string of the molecule is CN(CC(=O)O)Cc1ccc(-c2noc(-c3ccc(-c4ccccc4C(F)(F)F)c(Cl)c3)n2)cc1F. The van der Waals surface area contributed by atoms with Crippen molar-refractivity contribution < 1.29 is 32.0 Å². The van der Waals surface area contributed by atoms with Gasteiger partial charge in [0.25, 0.3) is 5.89 Å². The summed E-state index contributed by atoms with van der Waals surface area (Å²) in [5.74, 6) is -1.44. The Bertz CT molecular complexity index is 1420. The number of carbonyl (C=O) groups is 1. The van der Waals surface area contributed by atoms with Gasteiger partial charge in [-0.25, -0.2) is 4.39 Å². The smallest absolute Gasteiger partial charge is 0.417 e. The maximum absolute atomic E-state index is 14.6. The molecule has 0 atom stereocenters. The normalized spacial score (nSPS) is 11.8. The Morgan fingerprint density at radius 3 is 2.44 bits per heavy atom. The van der Waals surface area contributed by atoms with Crippen LogP contribution in [-0.4, -0.2) is 39.7 Å². The van der Waals surface area contributed by atoms with Gasteiger partial charge in [0.05, 0.1) is 12.1 Å². The molecule has 1 heterocycles. The van der Waals surface area contributed by atoms with Crippen LogP contribution in [0.25, 0.3) is 34.0 Å². The fourth-order valence-corrected chi connectivity index (χ4v) is 3.96. The van der Waals surface area contributed by atoms with Gasteiger partial charge in [0.2, 0.25) is 5.82 Å². The van der Waals surface area contributed by atoms with Crippen LogP contribution in [0.3, 0.4) is 0 Å². The highest BCUT2D eigenvalue weighted by atomic mass is 35.5. The van der Waals surface area contributed by atoms with Gasteiger partial charge in [0, 0.05) is 33.8 Å². The van der Waals surface area contributed by atoms with Crippen LogP contribution in [0.15, 0.2) is 65.2 Å². The van der Waals surface area contributed by atoms with Gasteiger partial charge >= 0.3 is 12.1 Å². The van der Waals surface area contributed by atoms with Crippen LogP contribution in [0.5, 0.6) is 0 Å². The first kappa shape index (κ1) is 25.3. The molecular formula is C25H18ClF4N3O3. The summed E-state index contributed by atoms with van der Waals surface area (Å²) < 4.78 is 60.1. The lowest BCUT2D eigenvalue weighted by Gasteiger charge is -2.14. The highest BCUT2D eigenvalue weighted by Gasteiger charge is 2.33. The van der Waals surface area contributed by atoms with E-state index in [-0.39, 0.29) is 41.0 Å². The molecule has 0 bridgehead atoms. The van der Waals surface area contributed by atoms with Crippen molar-refractivity contribution in [1.82, 2.24) is 15.0 Å². The van der Waals surface area contributed by atoms with Gasteiger partial charge in [-0.1, -0.05) is 53.2 Å². The molecule has 3 aromatic carbocycles. The Hall–Kier alpha value is -3.76. The highest BCUT2D eigenvalue weighted by Crippen LogP contribution is 2.40. The van der Waals surface area contributed by atoms with Crippen molar-refractivity contribution in [2.75, 3.05) is 13.6 Å². The zero-order valence-corrected chi connectivity index (χ0v) is 19.4. The molecule has 4 aromatic rings. The molecule has 0 unspecified atom stereocenters. The van der Waals surface area contributed by atoms with E-state index >= 15 is 0 Å². The molecule has 0 radical (unpaired) electrons. The number of nitrogens with zero attached hydrogens (tertiary/aromatic N) is 3. The molecule has 0 aliphatic heterocycles. The minimum absolute atomic E-state index is 0.0493. The van der Waals surface area contributed by atoms with Gasteiger partial charge in [0.15, 0.2) is 0 Å². The zero-order chi connectivity index (χ0) is 26.0. The molecule has 1 N–H and O–H groups in total. The van der Waals surface area contributed by atoms with Crippen LogP contribution in [0.1, 0.15) is 11.1 Å². The molecule has 186 valence electrons. The fourth-order valence-electron chi connectivity index (χ4n) is 3.68. The summed E-state index contributed by atoms with van der Waals surface area (Å²) in [5.41, 5.74) is 0.330. The van der Waals surface area contributed by atoms with E-state index in [0.717, 1.165) is 6.07 Å². The number of carboxylic acid groups (broad SMARTS) is 1. The number of likely N-dealkylation sites (N-methyl/N-ethyl adjacent to an activating group) is 1. The van der Waals surface area contributed by atoms with E-state index in [0.29, 0.717) is 16.7 Å². The summed E-state index contributed by atoms with van der Waals surface area (Å²) in [6.45, 7) is -0.142. The maximum atomic E-state index is 14.6. The summed E-state index contributed by atoms with van der Waals surface area (Å²) in [6, 6.07) is 13.8. The van der Waals surface area contributed by atoms with Crippen molar-refractivity contribution in [2.45, 2.75) is 12.7 Å². The summed E-state index contributed by atoms with van der Waals surface area (Å²) in [5, 5.41) is 12.8. The fraction of sp³-hybridized carbons (Fsp3) is 0.160. The number of carboxylic acids is 1. The van der Waals surface area contributed by atoms with Gasteiger partial charge in [-0.05, 0) is 36.9 Å². The molecule has 0 amide bonds. The third kappa shape index (κ3) is 5.55. The molecule has 11 heteroatoms. The minimum Gasteiger partial charge on any atom is -0.480 e. The summed E-state index contributed by atoms with van der Waals surface area (Å²) >= 11 is 6.32. The average Bonchev–Trinajstić information content (AvgIpc) is 3.30. The average molecular weight is 520 g/mol. The number of aliphatic carboxylic acids is 1. The lowest BCUT2D eigenvalue weighted by Crippen LogP contribution is -2.25. The van der Waals surface area contributed by atoms with E-state index in [1.165, 1.54) is 53.4 Å². The Morgan fingerprint density at radius 1 is 1.06 bits per heavy atom. The van der Waals surface area contributed by atoms with Gasteiger partial charge in [-0.3, -0.25) is 9.69 Å². The second-order valence-corrected chi connectivity index (χ2v) is 8.44. The first-order chi connectivity index (χ1) is 17.0. The summed E-state index contributed by atoms with van der Waals surface area (Å²) in [7, 11) is 1.56. The second kappa shape index (κ2) is 10.1. The topological polar surface area (TPSA) is 79.5 Å². The quantitative estimate of drug-likeness (QED) is 0.285. The molecule has 0 spiro atoms. The number of hydrogen-bond donors (Lipinski definition) is 1. The van der Waals surface area contributed by atoms with E-state index in [2.05, 4.69) is 10.1 Å². The van der Waals surface area contributed by atoms with Crippen molar-refractivity contribution in [2.24, 2.45) is 0 Å². The van der Waals surface area contributed by atoms with Crippen LogP contribution in [0.2, 0.25) is 5.02 Å². The van der Waals surface area contributed by atoms with Crippen molar-refractivity contribution >= 4 is 17.6 Å². The molecule has 0 saturated carbocycles. The molecule has 36 heavy (non-hydrogen) atoms. The second-order valence-electron chi connectivity index (χ2n) is 8.03. The summed E-state index contributed by atoms with van der Waals surface area (Å²) in [4.78, 5) is 16.5. The van der Waals surface area contributed by atoms with E-state index in [4.69, 9.17) is 21.2 Å². The van der Waals surface area contributed by atoms with Crippen LogP contribution in [-0.2, 0) is 17.5 Å². The predicted molar refractivity (Wildman–Crippen MR) is 125 cm³/mol. The first-order valence-electron chi connectivity index (χ1n) is 10.5. The molecule has 0 fully saturated rings. The molecule has 1 aromatic heterocycles. The van der Waals surface area contributed by atoms with Gasteiger partial charge in [-0.2, -0.15) is 18.2 Å². The van der Waals surface area contributed by atoms with Crippen LogP contribution < -0.4 is 0 Å². The Kier molecular flexibility index (Phi) is 7.09. The third-order valence-corrected chi connectivity index (χ3v) is 5.63. The zero-order valence-electron chi connectivity index (χ0n) is 18.7. The van der Waals surface area contributed by atoms with Crippen LogP contribution in [0.4, 0.5) is 17.6 Å². The lowest BCUT2D eigenvalue weighted by atomic mass is 9.98. The van der Waals surface area contributed by atoms with Crippen LogP contribution in [0, 0.1) is 5.82 Å². The number of alkyl halides is 3. The number of benzene rings is 3. The van der Waals surface area contributed by atoms with Crippen molar-refractivity contribution in [1.29, 1.82) is 0 Å². The highest BCUT2D eigenvalue weighted by molar-refractivity contribution is 6.33. The third-order valence-electron chi connectivity index (χ3n) is 5.32. The van der Waals surface area contributed by atoms with Gasteiger partial charge in [-0.15, -0.1) is 0 Å². The van der Waals surface area contributed by atoms with Gasteiger partial charge < -0.3 is 9.63 Å². The van der Waals surface area contributed by atoms with E-state index in [1.54, 1.807) is 13.1 Å². The Labute approximate surface area is 207 Å². The van der Waals surface area contributed by atoms with E-state index < -0.39 is 23.5 Å². The largest absolute Gasteiger partial charge is 0.480 e. The van der Waals surface area contributed by atoms with E-state index in [9.17, 15) is 22.4 Å². The molecule has 0 aliphatic rings. The molecule has 0 saturated heterocycles. The van der Waals surface area contributed by atoms with Crippen molar-refractivity contribution in [3.63, 3.8) is 0 Å². The maximum Gasteiger partial charge on any atom is 0.417 e. The van der Waals surface area contributed by atoms with Gasteiger partial charge in [0.1, 0.15) is 5.82 Å². The Morgan fingerprint density at radius 2 is 1.78 bits per heavy atom. The lowest BCUT2D eigenvalue weighted by molar-refractivity contribution is -0.138. The van der Waals surface area contributed by atoms with Crippen molar-refractivity contribution in [3.05, 3.63) is 82.6 Å². The molecule has 4 rings (SSSR count). The summed E-state index contributed by atoms with van der Waals surface area (Å²) in [6.07, 6.45) is -4.55. The number of aromatic nitrogens is 2. The number of halogens is 5. The molecular weight excluding hydrogens is 502 g/mol. The minimum atomic E-state index is -4.55. The molecule has 6 nitrogen and oxygen atoms in total. The molecule has 0 aliphatic carbocycles. The number of hydrogen-bond acceptors (Lipinski definition) is 5. The Balaban J connectivity index is 1.58. The standard InChI is InChI=1S/C25H18ClF4N3O3/c1-33(13-22(34)35)12-16-7-6-14(11-21(16)27)23-31-24(36-32-23)15-8-9-18(20(26)10-15)17-4-2-3-5-19(17)25(28,29)30/h2-11H,12-13H2,1H3,(H,34,35). The first-order valence-corrected chi connectivity index (χ1v) is 10.9. The van der Waals surface area contributed by atoms with Crippen LogP contribution >= 0.6 is 11.6 Å². The monoisotopic (exact) mass is 519 g/mol. The van der Waals surface area contributed by atoms with Crippen molar-refractivity contribution in [3.8, 4) is 34.0 Å². The predicted octanol–water partition coefficient (Wildman–Crippen LogP) is 6.40.